The first-order valence-electron chi connectivity index (χ1n) is 6.41. The summed E-state index contributed by atoms with van der Waals surface area (Å²) >= 11 is 0. The number of hydrogen-bond acceptors (Lipinski definition) is 6. The molecule has 0 aliphatic rings. The molecule has 7 heteroatoms. The highest BCUT2D eigenvalue weighted by atomic mass is 16.5. The van der Waals surface area contributed by atoms with E-state index in [0.717, 1.165) is 0 Å². The van der Waals surface area contributed by atoms with Gasteiger partial charge in [-0.3, -0.25) is 4.57 Å². The van der Waals surface area contributed by atoms with Crippen molar-refractivity contribution >= 4 is 11.2 Å². The topological polar surface area (TPSA) is 80.7 Å². The van der Waals surface area contributed by atoms with Crippen LogP contribution >= 0.6 is 0 Å². The molecular formula is C13H19N3O4. The van der Waals surface area contributed by atoms with Gasteiger partial charge in [-0.25, -0.2) is 9.78 Å². The van der Waals surface area contributed by atoms with Crippen LogP contribution in [-0.2, 0) is 11.3 Å². The van der Waals surface area contributed by atoms with Gasteiger partial charge in [0, 0.05) is 32.9 Å². The molecule has 2 aromatic rings. The first-order chi connectivity index (χ1) is 9.61. The first-order valence-corrected chi connectivity index (χ1v) is 6.41. The Balaban J connectivity index is 1.99. The molecule has 2 heterocycles. The third-order valence-electron chi connectivity index (χ3n) is 3.01. The zero-order chi connectivity index (χ0) is 14.5. The quantitative estimate of drug-likeness (QED) is 0.765. The second kappa shape index (κ2) is 6.65. The Labute approximate surface area is 116 Å². The summed E-state index contributed by atoms with van der Waals surface area (Å²) in [6.45, 7) is 1.83. The standard InChI is InChI=1S/C13H19N3O4/c1-15(8-10(17)9-19-2)6-7-16-12-11(20-13(16)18)4-3-5-14-12/h3-5,10,17H,6-9H2,1-2H3. The third kappa shape index (κ3) is 3.44. The predicted octanol–water partition coefficient (Wildman–Crippen LogP) is -0.0714. The summed E-state index contributed by atoms with van der Waals surface area (Å²) in [7, 11) is 3.42. The van der Waals surface area contributed by atoms with E-state index in [9.17, 15) is 9.90 Å². The fraction of sp³-hybridized carbons (Fsp3) is 0.538. The van der Waals surface area contributed by atoms with Crippen molar-refractivity contribution in [2.45, 2.75) is 12.6 Å². The zero-order valence-corrected chi connectivity index (χ0v) is 11.7. The SMILES string of the molecule is COCC(O)CN(C)CCn1c(=O)oc2cccnc21. The first kappa shape index (κ1) is 14.7. The van der Waals surface area contributed by atoms with Gasteiger partial charge < -0.3 is 19.2 Å². The van der Waals surface area contributed by atoms with Crippen LogP contribution in [0.2, 0.25) is 0 Å². The molecule has 1 unspecified atom stereocenters. The van der Waals surface area contributed by atoms with Crippen molar-refractivity contribution in [1.29, 1.82) is 0 Å². The Hall–Kier alpha value is -1.70. The van der Waals surface area contributed by atoms with E-state index < -0.39 is 11.9 Å². The van der Waals surface area contributed by atoms with Gasteiger partial charge in [-0.15, -0.1) is 0 Å². The van der Waals surface area contributed by atoms with E-state index in [0.29, 0.717) is 37.5 Å². The van der Waals surface area contributed by atoms with Crippen molar-refractivity contribution in [2.75, 3.05) is 33.9 Å². The van der Waals surface area contributed by atoms with Crippen LogP contribution < -0.4 is 5.76 Å². The van der Waals surface area contributed by atoms with E-state index in [4.69, 9.17) is 9.15 Å². The van der Waals surface area contributed by atoms with Gasteiger partial charge in [0.2, 0.25) is 0 Å². The van der Waals surface area contributed by atoms with Gasteiger partial charge in [0.1, 0.15) is 0 Å². The largest absolute Gasteiger partial charge is 0.421 e. The molecule has 1 atom stereocenters. The van der Waals surface area contributed by atoms with Gasteiger partial charge in [0.15, 0.2) is 11.2 Å². The Bertz CT molecular complexity index is 607. The normalized spacial score (nSPS) is 13.2. The molecule has 0 saturated heterocycles. The molecule has 20 heavy (non-hydrogen) atoms. The summed E-state index contributed by atoms with van der Waals surface area (Å²) in [6, 6.07) is 3.44. The molecule has 0 aromatic carbocycles. The summed E-state index contributed by atoms with van der Waals surface area (Å²) in [5.41, 5.74) is 1.03. The average molecular weight is 281 g/mol. The number of pyridine rings is 1. The van der Waals surface area contributed by atoms with Crippen LogP contribution in [-0.4, -0.2) is 59.5 Å². The number of ether oxygens (including phenoxy) is 1. The van der Waals surface area contributed by atoms with E-state index in [1.807, 2.05) is 11.9 Å². The fourth-order valence-corrected chi connectivity index (χ4v) is 2.06. The van der Waals surface area contributed by atoms with Crippen LogP contribution in [0.15, 0.2) is 27.5 Å². The van der Waals surface area contributed by atoms with Crippen molar-refractivity contribution in [3.8, 4) is 0 Å². The molecule has 0 fully saturated rings. The number of aliphatic hydroxyl groups excluding tert-OH is 1. The maximum atomic E-state index is 11.7. The lowest BCUT2D eigenvalue weighted by Gasteiger charge is -2.19. The number of aliphatic hydroxyl groups is 1. The molecule has 2 rings (SSSR count). The smallest absolute Gasteiger partial charge is 0.406 e. The van der Waals surface area contributed by atoms with Gasteiger partial charge in [0.25, 0.3) is 0 Å². The number of likely N-dealkylation sites (N-methyl/N-ethyl adjacent to an activating group) is 1. The minimum atomic E-state index is -0.541. The van der Waals surface area contributed by atoms with Crippen molar-refractivity contribution < 1.29 is 14.3 Å². The number of nitrogens with zero attached hydrogens (tertiary/aromatic N) is 3. The molecule has 0 bridgehead atoms. The maximum Gasteiger partial charge on any atom is 0.421 e. The molecule has 0 aliphatic heterocycles. The van der Waals surface area contributed by atoms with Gasteiger partial charge in [-0.2, -0.15) is 0 Å². The van der Waals surface area contributed by atoms with Gasteiger partial charge in [-0.05, 0) is 19.2 Å². The fourth-order valence-electron chi connectivity index (χ4n) is 2.06. The number of fused-ring (bicyclic) bond motifs is 1. The second-order valence-electron chi connectivity index (χ2n) is 4.72. The molecule has 0 amide bonds. The van der Waals surface area contributed by atoms with Gasteiger partial charge in [0.05, 0.1) is 12.7 Å². The van der Waals surface area contributed by atoms with Gasteiger partial charge >= 0.3 is 5.76 Å². The van der Waals surface area contributed by atoms with Crippen molar-refractivity contribution in [3.63, 3.8) is 0 Å². The summed E-state index contributed by atoms with van der Waals surface area (Å²) in [6.07, 6.45) is 1.08. The highest BCUT2D eigenvalue weighted by Crippen LogP contribution is 2.08. The molecule has 110 valence electrons. The van der Waals surface area contributed by atoms with Crippen LogP contribution in [0.4, 0.5) is 0 Å². The van der Waals surface area contributed by atoms with E-state index in [1.165, 1.54) is 4.57 Å². The Morgan fingerprint density at radius 1 is 1.60 bits per heavy atom. The van der Waals surface area contributed by atoms with Crippen molar-refractivity contribution in [2.24, 2.45) is 0 Å². The number of methoxy groups -OCH3 is 1. The lowest BCUT2D eigenvalue weighted by molar-refractivity contribution is 0.0427. The third-order valence-corrected chi connectivity index (χ3v) is 3.01. The van der Waals surface area contributed by atoms with E-state index >= 15 is 0 Å². The van der Waals surface area contributed by atoms with E-state index in [2.05, 4.69) is 4.98 Å². The Kier molecular flexibility index (Phi) is 4.89. The molecule has 0 radical (unpaired) electrons. The zero-order valence-electron chi connectivity index (χ0n) is 11.7. The van der Waals surface area contributed by atoms with Gasteiger partial charge in [-0.1, -0.05) is 0 Å². The van der Waals surface area contributed by atoms with E-state index in [-0.39, 0.29) is 0 Å². The molecule has 0 spiro atoms. The summed E-state index contributed by atoms with van der Waals surface area (Å²) in [4.78, 5) is 17.8. The maximum absolute atomic E-state index is 11.7. The molecule has 1 N–H and O–H groups in total. The van der Waals surface area contributed by atoms with Crippen LogP contribution in [0.3, 0.4) is 0 Å². The van der Waals surface area contributed by atoms with Crippen LogP contribution in [0.1, 0.15) is 0 Å². The minimum absolute atomic E-state index is 0.292. The Morgan fingerprint density at radius 2 is 2.40 bits per heavy atom. The molecule has 7 nitrogen and oxygen atoms in total. The summed E-state index contributed by atoms with van der Waals surface area (Å²) < 4.78 is 11.5. The second-order valence-corrected chi connectivity index (χ2v) is 4.72. The number of hydrogen-bond donors (Lipinski definition) is 1. The van der Waals surface area contributed by atoms with Crippen LogP contribution in [0, 0.1) is 0 Å². The molecule has 2 aromatic heterocycles. The lowest BCUT2D eigenvalue weighted by Crippen LogP contribution is -2.35. The van der Waals surface area contributed by atoms with Crippen LogP contribution in [0.25, 0.3) is 11.2 Å². The predicted molar refractivity (Wildman–Crippen MR) is 73.6 cm³/mol. The van der Waals surface area contributed by atoms with E-state index in [1.54, 1.807) is 25.4 Å². The van der Waals surface area contributed by atoms with Crippen LogP contribution in [0.5, 0.6) is 0 Å². The minimum Gasteiger partial charge on any atom is -0.406 e. The molecule has 0 aliphatic carbocycles. The summed E-state index contributed by atoms with van der Waals surface area (Å²) in [5, 5.41) is 9.64. The number of aromatic nitrogens is 2. The summed E-state index contributed by atoms with van der Waals surface area (Å²) in [5.74, 6) is -0.412. The number of rotatable bonds is 7. The average Bonchev–Trinajstić information content (AvgIpc) is 2.72. The Morgan fingerprint density at radius 3 is 3.15 bits per heavy atom. The highest BCUT2D eigenvalue weighted by Gasteiger charge is 2.12. The highest BCUT2D eigenvalue weighted by molar-refractivity contribution is 5.67. The number of oxazole rings is 1. The van der Waals surface area contributed by atoms with Crippen molar-refractivity contribution in [1.82, 2.24) is 14.5 Å². The molecular weight excluding hydrogens is 262 g/mol. The molecule has 0 saturated carbocycles. The monoisotopic (exact) mass is 281 g/mol. The van der Waals surface area contributed by atoms with Crippen molar-refractivity contribution in [3.05, 3.63) is 28.9 Å². The lowest BCUT2D eigenvalue weighted by atomic mass is 10.3.